The van der Waals surface area contributed by atoms with E-state index in [1.54, 1.807) is 48.2 Å². The van der Waals surface area contributed by atoms with Gasteiger partial charge in [0, 0.05) is 41.5 Å². The molecule has 140 valence electrons. The molecule has 1 aliphatic heterocycles. The Morgan fingerprint density at radius 1 is 1.22 bits per heavy atom. The van der Waals surface area contributed by atoms with Crippen LogP contribution >= 0.6 is 11.8 Å². The molecule has 1 atom stereocenters. The monoisotopic (exact) mass is 386 g/mol. The summed E-state index contributed by atoms with van der Waals surface area (Å²) in [6.07, 6.45) is 0. The zero-order valence-corrected chi connectivity index (χ0v) is 15.4. The number of nitrogens with zero attached hydrogens (tertiary/aromatic N) is 2. The van der Waals surface area contributed by atoms with Crippen molar-refractivity contribution >= 4 is 40.8 Å². The SMILES string of the molecule is CC(Sc1ccc([N+](=O)[O-])cc1)C(=O)Nc1ccc(N2CCNC2=O)cc1. The highest BCUT2D eigenvalue weighted by Crippen LogP contribution is 2.26. The highest BCUT2D eigenvalue weighted by atomic mass is 32.2. The van der Waals surface area contributed by atoms with Crippen LogP contribution in [0.3, 0.4) is 0 Å². The quantitative estimate of drug-likeness (QED) is 0.450. The summed E-state index contributed by atoms with van der Waals surface area (Å²) in [7, 11) is 0. The summed E-state index contributed by atoms with van der Waals surface area (Å²) in [5.74, 6) is -0.176. The zero-order valence-electron chi connectivity index (χ0n) is 14.5. The van der Waals surface area contributed by atoms with Gasteiger partial charge in [-0.25, -0.2) is 4.79 Å². The smallest absolute Gasteiger partial charge is 0.321 e. The molecule has 3 rings (SSSR count). The van der Waals surface area contributed by atoms with Crippen LogP contribution in [-0.4, -0.2) is 35.2 Å². The predicted octanol–water partition coefficient (Wildman–Crippen LogP) is 3.24. The van der Waals surface area contributed by atoms with Gasteiger partial charge in [0.15, 0.2) is 0 Å². The molecule has 3 amide bonds. The van der Waals surface area contributed by atoms with E-state index in [-0.39, 0.29) is 22.9 Å². The average molecular weight is 386 g/mol. The van der Waals surface area contributed by atoms with Gasteiger partial charge in [0.05, 0.1) is 10.2 Å². The third-order valence-corrected chi connectivity index (χ3v) is 5.14. The molecular weight excluding hydrogens is 368 g/mol. The third-order valence-electron chi connectivity index (χ3n) is 4.03. The van der Waals surface area contributed by atoms with Gasteiger partial charge in [-0.3, -0.25) is 19.8 Å². The standard InChI is InChI=1S/C18H18N4O4S/c1-12(27-16-8-6-15(7-9-16)22(25)26)17(23)20-13-2-4-14(5-3-13)21-11-10-19-18(21)24/h2-9,12H,10-11H2,1H3,(H,19,24)(H,20,23). The number of benzene rings is 2. The number of hydrogen-bond acceptors (Lipinski definition) is 5. The number of carbonyl (C=O) groups is 2. The molecule has 1 unspecified atom stereocenters. The number of thioether (sulfide) groups is 1. The average Bonchev–Trinajstić information content (AvgIpc) is 3.08. The minimum Gasteiger partial charge on any atom is -0.336 e. The van der Waals surface area contributed by atoms with E-state index in [4.69, 9.17) is 0 Å². The summed E-state index contributed by atoms with van der Waals surface area (Å²) < 4.78 is 0. The van der Waals surface area contributed by atoms with Gasteiger partial charge < -0.3 is 10.6 Å². The Morgan fingerprint density at radius 2 is 1.89 bits per heavy atom. The van der Waals surface area contributed by atoms with E-state index in [9.17, 15) is 19.7 Å². The molecule has 9 heteroatoms. The lowest BCUT2D eigenvalue weighted by molar-refractivity contribution is -0.384. The molecular formula is C18H18N4O4S. The largest absolute Gasteiger partial charge is 0.336 e. The first kappa shape index (κ1) is 18.7. The number of urea groups is 1. The number of rotatable bonds is 6. The molecule has 1 saturated heterocycles. The van der Waals surface area contributed by atoms with E-state index >= 15 is 0 Å². The van der Waals surface area contributed by atoms with E-state index in [0.29, 0.717) is 18.8 Å². The summed E-state index contributed by atoms with van der Waals surface area (Å²) >= 11 is 1.32. The third kappa shape index (κ3) is 4.56. The van der Waals surface area contributed by atoms with Crippen molar-refractivity contribution in [3.63, 3.8) is 0 Å². The number of non-ortho nitro benzene ring substituents is 1. The molecule has 0 radical (unpaired) electrons. The van der Waals surface area contributed by atoms with Gasteiger partial charge >= 0.3 is 6.03 Å². The first-order valence-electron chi connectivity index (χ1n) is 8.31. The normalized spacial score (nSPS) is 14.6. The minimum absolute atomic E-state index is 0.0169. The van der Waals surface area contributed by atoms with E-state index in [2.05, 4.69) is 10.6 Å². The highest BCUT2D eigenvalue weighted by molar-refractivity contribution is 8.00. The van der Waals surface area contributed by atoms with Gasteiger partial charge in [0.25, 0.3) is 5.69 Å². The molecule has 0 aliphatic carbocycles. The Balaban J connectivity index is 1.57. The number of nitrogens with one attached hydrogen (secondary N) is 2. The van der Waals surface area contributed by atoms with Crippen LogP contribution in [0.4, 0.5) is 21.9 Å². The van der Waals surface area contributed by atoms with Gasteiger partial charge in [0.2, 0.25) is 5.91 Å². The molecule has 27 heavy (non-hydrogen) atoms. The van der Waals surface area contributed by atoms with Gasteiger partial charge in [-0.1, -0.05) is 0 Å². The fraction of sp³-hybridized carbons (Fsp3) is 0.222. The molecule has 0 bridgehead atoms. The topological polar surface area (TPSA) is 105 Å². The van der Waals surface area contributed by atoms with E-state index in [1.165, 1.54) is 23.9 Å². The first-order chi connectivity index (χ1) is 12.9. The van der Waals surface area contributed by atoms with Crippen LogP contribution in [-0.2, 0) is 4.79 Å². The van der Waals surface area contributed by atoms with Crippen molar-refractivity contribution < 1.29 is 14.5 Å². The molecule has 0 aromatic heterocycles. The summed E-state index contributed by atoms with van der Waals surface area (Å²) in [4.78, 5) is 36.7. The summed E-state index contributed by atoms with van der Waals surface area (Å²) in [6, 6.07) is 13.0. The second kappa shape index (κ2) is 8.09. The molecule has 8 nitrogen and oxygen atoms in total. The number of carbonyl (C=O) groups excluding carboxylic acids is 2. The molecule has 2 aromatic rings. The lowest BCUT2D eigenvalue weighted by atomic mass is 10.2. The Hall–Kier alpha value is -3.07. The molecule has 1 fully saturated rings. The second-order valence-corrected chi connectivity index (χ2v) is 7.34. The van der Waals surface area contributed by atoms with E-state index in [0.717, 1.165) is 10.6 Å². The minimum atomic E-state index is -0.458. The van der Waals surface area contributed by atoms with Crippen LogP contribution in [0.25, 0.3) is 0 Å². The van der Waals surface area contributed by atoms with Crippen molar-refractivity contribution in [1.82, 2.24) is 5.32 Å². The van der Waals surface area contributed by atoms with Gasteiger partial charge in [-0.15, -0.1) is 11.8 Å². The van der Waals surface area contributed by atoms with Gasteiger partial charge in [0.1, 0.15) is 0 Å². The highest BCUT2D eigenvalue weighted by Gasteiger charge is 2.21. The molecule has 1 aliphatic rings. The van der Waals surface area contributed by atoms with Crippen molar-refractivity contribution in [2.24, 2.45) is 0 Å². The summed E-state index contributed by atoms with van der Waals surface area (Å²) in [5, 5.41) is 15.9. The Bertz CT molecular complexity index is 855. The van der Waals surface area contributed by atoms with E-state index in [1.807, 2.05) is 0 Å². The Labute approximate surface area is 160 Å². The number of amides is 3. The van der Waals surface area contributed by atoms with Crippen LogP contribution in [0.5, 0.6) is 0 Å². The Morgan fingerprint density at radius 3 is 2.44 bits per heavy atom. The molecule has 0 spiro atoms. The van der Waals surface area contributed by atoms with Crippen molar-refractivity contribution in [3.8, 4) is 0 Å². The zero-order chi connectivity index (χ0) is 19.4. The van der Waals surface area contributed by atoms with Crippen LogP contribution in [0.2, 0.25) is 0 Å². The van der Waals surface area contributed by atoms with Crippen molar-refractivity contribution in [2.45, 2.75) is 17.1 Å². The predicted molar refractivity (Wildman–Crippen MR) is 104 cm³/mol. The first-order valence-corrected chi connectivity index (χ1v) is 9.19. The van der Waals surface area contributed by atoms with Crippen LogP contribution in [0.15, 0.2) is 53.4 Å². The number of nitro groups is 1. The van der Waals surface area contributed by atoms with Crippen LogP contribution in [0, 0.1) is 10.1 Å². The summed E-state index contributed by atoms with van der Waals surface area (Å²) in [6.45, 7) is 3.01. The second-order valence-electron chi connectivity index (χ2n) is 5.93. The van der Waals surface area contributed by atoms with Crippen molar-refractivity contribution in [1.29, 1.82) is 0 Å². The number of hydrogen-bond donors (Lipinski definition) is 2. The Kier molecular flexibility index (Phi) is 5.60. The fourth-order valence-electron chi connectivity index (χ4n) is 2.59. The maximum absolute atomic E-state index is 12.4. The molecule has 2 aromatic carbocycles. The van der Waals surface area contributed by atoms with E-state index < -0.39 is 4.92 Å². The van der Waals surface area contributed by atoms with Crippen LogP contribution < -0.4 is 15.5 Å². The lowest BCUT2D eigenvalue weighted by Crippen LogP contribution is -2.27. The maximum atomic E-state index is 12.4. The molecule has 2 N–H and O–H groups in total. The summed E-state index contributed by atoms with van der Waals surface area (Å²) in [5.41, 5.74) is 1.43. The number of nitro benzene ring substituents is 1. The molecule has 1 heterocycles. The van der Waals surface area contributed by atoms with Crippen molar-refractivity contribution in [3.05, 3.63) is 58.6 Å². The van der Waals surface area contributed by atoms with Crippen molar-refractivity contribution in [2.75, 3.05) is 23.3 Å². The van der Waals surface area contributed by atoms with Crippen LogP contribution in [0.1, 0.15) is 6.92 Å². The lowest BCUT2D eigenvalue weighted by Gasteiger charge is -2.15. The fourth-order valence-corrected chi connectivity index (χ4v) is 3.46. The van der Waals surface area contributed by atoms with Gasteiger partial charge in [-0.05, 0) is 43.3 Å². The maximum Gasteiger partial charge on any atom is 0.321 e. The van der Waals surface area contributed by atoms with Gasteiger partial charge in [-0.2, -0.15) is 0 Å². The molecule has 0 saturated carbocycles. The number of anilines is 2.